The molecular formula is C21H21N5. The van der Waals surface area contributed by atoms with Crippen LogP contribution in [0.4, 0.5) is 23.0 Å². The van der Waals surface area contributed by atoms with Gasteiger partial charge in [0.1, 0.15) is 17.5 Å². The normalized spacial score (nSPS) is 10.2. The zero-order chi connectivity index (χ0) is 18.5. The molecule has 0 aliphatic carbocycles. The van der Waals surface area contributed by atoms with Gasteiger partial charge in [0.25, 0.3) is 0 Å². The monoisotopic (exact) mass is 343 g/mol. The van der Waals surface area contributed by atoms with Gasteiger partial charge in [0.05, 0.1) is 11.6 Å². The zero-order valence-electron chi connectivity index (χ0n) is 15.2. The molecule has 2 N–H and O–H groups in total. The molecule has 0 fully saturated rings. The molecule has 0 aliphatic heterocycles. The van der Waals surface area contributed by atoms with Crippen LogP contribution in [-0.4, -0.2) is 9.97 Å². The van der Waals surface area contributed by atoms with E-state index in [-0.39, 0.29) is 0 Å². The minimum absolute atomic E-state index is 0.628. The van der Waals surface area contributed by atoms with E-state index in [1.807, 2.05) is 25.1 Å². The lowest BCUT2D eigenvalue weighted by molar-refractivity contribution is 1.05. The topological polar surface area (TPSA) is 73.6 Å². The molecule has 3 aromatic rings. The number of hydrogen-bond donors (Lipinski definition) is 2. The fourth-order valence-corrected chi connectivity index (χ4v) is 2.80. The first-order valence-corrected chi connectivity index (χ1v) is 8.57. The summed E-state index contributed by atoms with van der Waals surface area (Å²) in [6.45, 7) is 6.10. The van der Waals surface area contributed by atoms with Gasteiger partial charge in [-0.15, -0.1) is 0 Å². The Morgan fingerprint density at radius 2 is 1.65 bits per heavy atom. The van der Waals surface area contributed by atoms with Gasteiger partial charge in [-0.2, -0.15) is 5.26 Å². The third-order valence-electron chi connectivity index (χ3n) is 4.12. The second kappa shape index (κ2) is 7.66. The maximum atomic E-state index is 8.90. The Morgan fingerprint density at radius 1 is 0.962 bits per heavy atom. The van der Waals surface area contributed by atoms with Crippen molar-refractivity contribution in [1.29, 1.82) is 5.26 Å². The lowest BCUT2D eigenvalue weighted by atomic mass is 10.1. The third kappa shape index (κ3) is 3.98. The Balaban J connectivity index is 1.87. The SMILES string of the molecule is CCc1cccc(C)c1Nc1cc(Nc2ccc(C#N)cc2)nc(C)n1. The molecule has 130 valence electrons. The number of anilines is 4. The van der Waals surface area contributed by atoms with E-state index in [1.165, 1.54) is 11.1 Å². The molecule has 0 amide bonds. The molecule has 0 bridgehead atoms. The largest absolute Gasteiger partial charge is 0.340 e. The summed E-state index contributed by atoms with van der Waals surface area (Å²) in [5, 5.41) is 15.6. The van der Waals surface area contributed by atoms with E-state index in [4.69, 9.17) is 5.26 Å². The lowest BCUT2D eigenvalue weighted by Crippen LogP contribution is -2.04. The smallest absolute Gasteiger partial charge is 0.136 e. The molecule has 5 heteroatoms. The lowest BCUT2D eigenvalue weighted by Gasteiger charge is -2.15. The van der Waals surface area contributed by atoms with Crippen molar-refractivity contribution in [3.63, 3.8) is 0 Å². The Labute approximate surface area is 153 Å². The highest BCUT2D eigenvalue weighted by Crippen LogP contribution is 2.26. The van der Waals surface area contributed by atoms with Crippen molar-refractivity contribution in [3.05, 3.63) is 71.0 Å². The first kappa shape index (κ1) is 17.4. The highest BCUT2D eigenvalue weighted by Gasteiger charge is 2.08. The summed E-state index contributed by atoms with van der Waals surface area (Å²) in [7, 11) is 0. The van der Waals surface area contributed by atoms with Crippen molar-refractivity contribution < 1.29 is 0 Å². The summed E-state index contributed by atoms with van der Waals surface area (Å²) < 4.78 is 0. The van der Waals surface area contributed by atoms with E-state index in [1.54, 1.807) is 12.1 Å². The van der Waals surface area contributed by atoms with Crippen LogP contribution in [0.2, 0.25) is 0 Å². The summed E-state index contributed by atoms with van der Waals surface area (Å²) in [5.41, 5.74) is 5.03. The second-order valence-electron chi connectivity index (χ2n) is 6.09. The van der Waals surface area contributed by atoms with Crippen LogP contribution in [-0.2, 0) is 6.42 Å². The summed E-state index contributed by atoms with van der Waals surface area (Å²) in [6, 6.07) is 17.6. The average Bonchev–Trinajstić information content (AvgIpc) is 2.63. The summed E-state index contributed by atoms with van der Waals surface area (Å²) in [4.78, 5) is 8.96. The maximum absolute atomic E-state index is 8.90. The summed E-state index contributed by atoms with van der Waals surface area (Å²) in [6.07, 6.45) is 0.949. The van der Waals surface area contributed by atoms with Crippen LogP contribution in [0, 0.1) is 25.2 Å². The predicted molar refractivity (Wildman–Crippen MR) is 105 cm³/mol. The molecule has 5 nitrogen and oxygen atoms in total. The van der Waals surface area contributed by atoms with E-state index >= 15 is 0 Å². The van der Waals surface area contributed by atoms with Crippen LogP contribution in [0.25, 0.3) is 0 Å². The van der Waals surface area contributed by atoms with Gasteiger partial charge in [-0.05, 0) is 55.7 Å². The van der Waals surface area contributed by atoms with Crippen LogP contribution in [0.3, 0.4) is 0 Å². The highest BCUT2D eigenvalue weighted by molar-refractivity contribution is 5.67. The summed E-state index contributed by atoms with van der Waals surface area (Å²) >= 11 is 0. The summed E-state index contributed by atoms with van der Waals surface area (Å²) in [5.74, 6) is 2.13. The number of hydrogen-bond acceptors (Lipinski definition) is 5. The van der Waals surface area contributed by atoms with Crippen LogP contribution in [0.5, 0.6) is 0 Å². The first-order valence-electron chi connectivity index (χ1n) is 8.57. The molecule has 3 rings (SSSR count). The van der Waals surface area contributed by atoms with Crippen molar-refractivity contribution in [3.8, 4) is 6.07 Å². The number of para-hydroxylation sites is 1. The van der Waals surface area contributed by atoms with Gasteiger partial charge in [0.15, 0.2) is 0 Å². The molecule has 0 radical (unpaired) electrons. The van der Waals surface area contributed by atoms with Crippen LogP contribution in [0.15, 0.2) is 48.5 Å². The molecule has 26 heavy (non-hydrogen) atoms. The number of benzene rings is 2. The molecule has 0 saturated carbocycles. The van der Waals surface area contributed by atoms with Crippen LogP contribution in [0.1, 0.15) is 29.4 Å². The molecule has 2 aromatic carbocycles. The number of nitrogens with one attached hydrogen (secondary N) is 2. The van der Waals surface area contributed by atoms with Crippen molar-refractivity contribution in [2.24, 2.45) is 0 Å². The van der Waals surface area contributed by atoms with Gasteiger partial charge < -0.3 is 10.6 Å². The number of rotatable bonds is 5. The van der Waals surface area contributed by atoms with Gasteiger partial charge in [0.2, 0.25) is 0 Å². The van der Waals surface area contributed by atoms with Gasteiger partial charge >= 0.3 is 0 Å². The van der Waals surface area contributed by atoms with E-state index in [0.717, 1.165) is 23.6 Å². The Bertz CT molecular complexity index is 955. The first-order chi connectivity index (χ1) is 12.6. The molecule has 0 spiro atoms. The quantitative estimate of drug-likeness (QED) is 0.681. The van der Waals surface area contributed by atoms with Gasteiger partial charge in [0, 0.05) is 17.4 Å². The third-order valence-corrected chi connectivity index (χ3v) is 4.12. The fraction of sp³-hybridized carbons (Fsp3) is 0.190. The van der Waals surface area contributed by atoms with Gasteiger partial charge in [-0.1, -0.05) is 25.1 Å². The Hall–Kier alpha value is -3.39. The minimum atomic E-state index is 0.628. The van der Waals surface area contributed by atoms with Crippen molar-refractivity contribution >= 4 is 23.0 Å². The van der Waals surface area contributed by atoms with Crippen molar-refractivity contribution in [1.82, 2.24) is 9.97 Å². The molecule has 0 saturated heterocycles. The van der Waals surface area contributed by atoms with Gasteiger partial charge in [-0.25, -0.2) is 9.97 Å². The van der Waals surface area contributed by atoms with E-state index in [0.29, 0.717) is 17.2 Å². The molecule has 0 aliphatic rings. The molecule has 0 atom stereocenters. The number of aryl methyl sites for hydroxylation is 3. The average molecular weight is 343 g/mol. The maximum Gasteiger partial charge on any atom is 0.136 e. The molecular weight excluding hydrogens is 322 g/mol. The predicted octanol–water partition coefficient (Wildman–Crippen LogP) is 5.01. The Morgan fingerprint density at radius 3 is 2.31 bits per heavy atom. The number of nitriles is 1. The zero-order valence-corrected chi connectivity index (χ0v) is 15.2. The van der Waals surface area contributed by atoms with E-state index in [2.05, 4.69) is 58.7 Å². The number of aromatic nitrogens is 2. The van der Waals surface area contributed by atoms with Crippen molar-refractivity contribution in [2.45, 2.75) is 27.2 Å². The molecule has 1 heterocycles. The van der Waals surface area contributed by atoms with E-state index < -0.39 is 0 Å². The standard InChI is InChI=1S/C21H21N5/c1-4-17-7-5-6-14(2)21(17)26-20-12-19(23-15(3)24-20)25-18-10-8-16(13-22)9-11-18/h5-12H,4H2,1-3H3,(H2,23,24,25,26). The van der Waals surface area contributed by atoms with Crippen LogP contribution >= 0.6 is 0 Å². The van der Waals surface area contributed by atoms with Gasteiger partial charge in [-0.3, -0.25) is 0 Å². The van der Waals surface area contributed by atoms with E-state index in [9.17, 15) is 0 Å². The second-order valence-corrected chi connectivity index (χ2v) is 6.09. The highest BCUT2D eigenvalue weighted by atomic mass is 15.1. The number of nitrogens with zero attached hydrogens (tertiary/aromatic N) is 3. The molecule has 1 aromatic heterocycles. The van der Waals surface area contributed by atoms with Crippen molar-refractivity contribution in [2.75, 3.05) is 10.6 Å². The minimum Gasteiger partial charge on any atom is -0.340 e. The van der Waals surface area contributed by atoms with Crippen LogP contribution < -0.4 is 10.6 Å². The molecule has 0 unspecified atom stereocenters. The fourth-order valence-electron chi connectivity index (χ4n) is 2.80. The Kier molecular flexibility index (Phi) is 5.14.